The standard InChI is InChI=1S/C24H16Cl2F3NO3/c1-14-3-2-4-16(9-14)22(31)32-20-7-5-15(6-8-20)21-13-23(33-30-21,24(27,28)29)17-10-18(25)12-19(26)11-17/h2-12H,13H2,1H3. The van der Waals surface area contributed by atoms with E-state index in [0.29, 0.717) is 11.1 Å². The van der Waals surface area contributed by atoms with E-state index in [1.54, 1.807) is 18.2 Å². The molecule has 0 saturated heterocycles. The third kappa shape index (κ3) is 4.70. The van der Waals surface area contributed by atoms with Gasteiger partial charge in [0, 0.05) is 22.0 Å². The highest BCUT2D eigenvalue weighted by Crippen LogP contribution is 2.49. The van der Waals surface area contributed by atoms with Gasteiger partial charge < -0.3 is 9.57 Å². The summed E-state index contributed by atoms with van der Waals surface area (Å²) >= 11 is 11.8. The first-order chi connectivity index (χ1) is 15.6. The second-order valence-corrected chi connectivity index (χ2v) is 8.45. The minimum atomic E-state index is -4.78. The zero-order chi connectivity index (χ0) is 23.8. The van der Waals surface area contributed by atoms with Crippen molar-refractivity contribution >= 4 is 34.9 Å². The van der Waals surface area contributed by atoms with Crippen molar-refractivity contribution in [2.45, 2.75) is 25.1 Å². The van der Waals surface area contributed by atoms with Crippen LogP contribution >= 0.6 is 23.2 Å². The fraction of sp³-hybridized carbons (Fsp3) is 0.167. The number of nitrogens with zero attached hydrogens (tertiary/aromatic N) is 1. The Morgan fingerprint density at radius 2 is 1.70 bits per heavy atom. The van der Waals surface area contributed by atoms with Gasteiger partial charge in [0.2, 0.25) is 0 Å². The van der Waals surface area contributed by atoms with Crippen LogP contribution in [-0.2, 0) is 10.4 Å². The number of benzene rings is 3. The number of aryl methyl sites for hydroxylation is 1. The monoisotopic (exact) mass is 493 g/mol. The lowest BCUT2D eigenvalue weighted by molar-refractivity contribution is -0.275. The highest BCUT2D eigenvalue weighted by atomic mass is 35.5. The van der Waals surface area contributed by atoms with Crippen molar-refractivity contribution in [3.05, 3.63) is 99.0 Å². The highest BCUT2D eigenvalue weighted by Gasteiger charge is 2.62. The molecular formula is C24H16Cl2F3NO3. The molecule has 0 spiro atoms. The van der Waals surface area contributed by atoms with E-state index in [4.69, 9.17) is 32.8 Å². The van der Waals surface area contributed by atoms with Crippen molar-refractivity contribution in [2.75, 3.05) is 0 Å². The quantitative estimate of drug-likeness (QED) is 0.287. The summed E-state index contributed by atoms with van der Waals surface area (Å²) in [6, 6.07) is 16.6. The molecule has 9 heteroatoms. The lowest BCUT2D eigenvalue weighted by Crippen LogP contribution is -2.42. The number of esters is 1. The predicted molar refractivity (Wildman–Crippen MR) is 119 cm³/mol. The number of oxime groups is 1. The highest BCUT2D eigenvalue weighted by molar-refractivity contribution is 6.34. The van der Waals surface area contributed by atoms with E-state index in [1.807, 2.05) is 13.0 Å². The van der Waals surface area contributed by atoms with Gasteiger partial charge in [0.05, 0.1) is 11.3 Å². The van der Waals surface area contributed by atoms with Crippen molar-refractivity contribution in [1.82, 2.24) is 0 Å². The van der Waals surface area contributed by atoms with Gasteiger partial charge in [-0.3, -0.25) is 0 Å². The zero-order valence-electron chi connectivity index (χ0n) is 17.1. The van der Waals surface area contributed by atoms with Gasteiger partial charge in [-0.1, -0.05) is 46.1 Å². The lowest BCUT2D eigenvalue weighted by atomic mass is 9.86. The number of halogens is 5. The second kappa shape index (κ2) is 8.72. The summed E-state index contributed by atoms with van der Waals surface area (Å²) in [4.78, 5) is 17.3. The Morgan fingerprint density at radius 1 is 1.03 bits per heavy atom. The maximum atomic E-state index is 14.1. The Bertz CT molecular complexity index is 1220. The van der Waals surface area contributed by atoms with Crippen LogP contribution in [0.2, 0.25) is 10.0 Å². The normalized spacial score (nSPS) is 17.9. The van der Waals surface area contributed by atoms with Crippen molar-refractivity contribution in [2.24, 2.45) is 5.16 Å². The van der Waals surface area contributed by atoms with E-state index in [0.717, 1.165) is 17.7 Å². The van der Waals surface area contributed by atoms with Crippen LogP contribution in [-0.4, -0.2) is 17.9 Å². The SMILES string of the molecule is Cc1cccc(C(=O)Oc2ccc(C3=NOC(c4cc(Cl)cc(Cl)c4)(C(F)(F)F)C3)cc2)c1. The molecule has 0 fully saturated rings. The molecule has 0 aromatic heterocycles. The van der Waals surface area contributed by atoms with Crippen LogP contribution in [0.4, 0.5) is 13.2 Å². The van der Waals surface area contributed by atoms with Crippen molar-refractivity contribution in [1.29, 1.82) is 0 Å². The van der Waals surface area contributed by atoms with Gasteiger partial charge in [-0.2, -0.15) is 13.2 Å². The first kappa shape index (κ1) is 23.1. The third-order valence-corrected chi connectivity index (χ3v) is 5.60. The van der Waals surface area contributed by atoms with Crippen LogP contribution in [0.5, 0.6) is 5.75 Å². The summed E-state index contributed by atoms with van der Waals surface area (Å²) in [6.45, 7) is 1.86. The number of ether oxygens (including phenoxy) is 1. The van der Waals surface area contributed by atoms with Crippen LogP contribution in [0.1, 0.15) is 33.5 Å². The molecule has 0 radical (unpaired) electrons. The molecule has 1 atom stereocenters. The molecule has 0 amide bonds. The molecule has 0 saturated carbocycles. The largest absolute Gasteiger partial charge is 0.435 e. The Hall–Kier alpha value is -3.03. The molecule has 3 aromatic carbocycles. The minimum Gasteiger partial charge on any atom is -0.423 e. The second-order valence-electron chi connectivity index (χ2n) is 7.57. The van der Waals surface area contributed by atoms with Crippen LogP contribution < -0.4 is 4.74 Å². The summed E-state index contributed by atoms with van der Waals surface area (Å²) < 4.78 is 47.7. The summed E-state index contributed by atoms with van der Waals surface area (Å²) in [7, 11) is 0. The van der Waals surface area contributed by atoms with Gasteiger partial charge in [0.1, 0.15) is 5.75 Å². The molecular weight excluding hydrogens is 478 g/mol. The molecule has 0 N–H and O–H groups in total. The molecule has 1 aliphatic heterocycles. The number of hydrogen-bond acceptors (Lipinski definition) is 4. The summed E-state index contributed by atoms with van der Waals surface area (Å²) in [6.07, 6.45) is -5.36. The van der Waals surface area contributed by atoms with Gasteiger partial charge in [-0.25, -0.2) is 4.79 Å². The molecule has 1 unspecified atom stereocenters. The maximum Gasteiger partial charge on any atom is 0.435 e. The third-order valence-electron chi connectivity index (χ3n) is 5.17. The van der Waals surface area contributed by atoms with E-state index in [-0.39, 0.29) is 27.1 Å². The van der Waals surface area contributed by atoms with Crippen LogP contribution in [0, 0.1) is 6.92 Å². The molecule has 0 aliphatic carbocycles. The number of carbonyl (C=O) groups is 1. The van der Waals surface area contributed by atoms with Crippen LogP contribution in [0.25, 0.3) is 0 Å². The van der Waals surface area contributed by atoms with E-state index in [9.17, 15) is 18.0 Å². The van der Waals surface area contributed by atoms with Gasteiger partial charge in [0.15, 0.2) is 0 Å². The predicted octanol–water partition coefficient (Wildman–Crippen LogP) is 7.10. The van der Waals surface area contributed by atoms with Crippen molar-refractivity contribution in [3.63, 3.8) is 0 Å². The number of hydrogen-bond donors (Lipinski definition) is 0. The topological polar surface area (TPSA) is 47.9 Å². The number of carbonyl (C=O) groups excluding carboxylic acids is 1. The number of alkyl halides is 3. The lowest BCUT2D eigenvalue weighted by Gasteiger charge is -2.29. The average Bonchev–Trinajstić information content (AvgIpc) is 3.21. The van der Waals surface area contributed by atoms with Gasteiger partial charge >= 0.3 is 12.1 Å². The summed E-state index contributed by atoms with van der Waals surface area (Å²) in [5.41, 5.74) is -1.18. The smallest absolute Gasteiger partial charge is 0.423 e. The minimum absolute atomic E-state index is 0.0537. The van der Waals surface area contributed by atoms with Crippen molar-refractivity contribution < 1.29 is 27.5 Å². The fourth-order valence-electron chi connectivity index (χ4n) is 3.50. The number of rotatable bonds is 4. The molecule has 33 heavy (non-hydrogen) atoms. The molecule has 1 heterocycles. The Balaban J connectivity index is 1.55. The maximum absolute atomic E-state index is 14.1. The summed E-state index contributed by atoms with van der Waals surface area (Å²) in [5.74, 6) is -0.296. The molecule has 170 valence electrons. The first-order valence-electron chi connectivity index (χ1n) is 9.75. The van der Waals surface area contributed by atoms with Crippen molar-refractivity contribution in [3.8, 4) is 5.75 Å². The van der Waals surface area contributed by atoms with Gasteiger partial charge in [-0.15, -0.1) is 0 Å². The van der Waals surface area contributed by atoms with E-state index in [2.05, 4.69) is 5.16 Å². The van der Waals surface area contributed by atoms with Crippen LogP contribution in [0.15, 0.2) is 71.9 Å². The van der Waals surface area contributed by atoms with E-state index in [1.165, 1.54) is 30.3 Å². The van der Waals surface area contributed by atoms with E-state index >= 15 is 0 Å². The Morgan fingerprint density at radius 3 is 2.30 bits per heavy atom. The Kier molecular flexibility index (Phi) is 6.12. The molecule has 0 bridgehead atoms. The molecule has 4 nitrogen and oxygen atoms in total. The molecule has 4 rings (SSSR count). The van der Waals surface area contributed by atoms with Gasteiger partial charge in [-0.05, 0) is 67.1 Å². The zero-order valence-corrected chi connectivity index (χ0v) is 18.6. The molecule has 3 aromatic rings. The fourth-order valence-corrected chi connectivity index (χ4v) is 4.02. The Labute approximate surface area is 197 Å². The van der Waals surface area contributed by atoms with Gasteiger partial charge in [0.25, 0.3) is 5.60 Å². The molecule has 1 aliphatic rings. The average molecular weight is 494 g/mol. The van der Waals surface area contributed by atoms with E-state index < -0.39 is 24.2 Å². The van der Waals surface area contributed by atoms with Crippen LogP contribution in [0.3, 0.4) is 0 Å². The summed E-state index contributed by atoms with van der Waals surface area (Å²) in [5, 5.41) is 3.82. The first-order valence-corrected chi connectivity index (χ1v) is 10.5.